The predicted molar refractivity (Wildman–Crippen MR) is 68.7 cm³/mol. The zero-order chi connectivity index (χ0) is 13.0. The van der Waals surface area contributed by atoms with Crippen LogP contribution in [0.5, 0.6) is 0 Å². The third kappa shape index (κ3) is 3.00. The van der Waals surface area contributed by atoms with Gasteiger partial charge in [-0.05, 0) is 11.6 Å². The molecule has 0 amide bonds. The third-order valence-electron chi connectivity index (χ3n) is 3.08. The molecule has 98 valence electrons. The Morgan fingerprint density at radius 1 is 1.39 bits per heavy atom. The zero-order valence-electron chi connectivity index (χ0n) is 10.2. The van der Waals surface area contributed by atoms with Gasteiger partial charge >= 0.3 is 5.97 Å². The highest BCUT2D eigenvalue weighted by Crippen LogP contribution is 2.27. The molecule has 18 heavy (non-hydrogen) atoms. The van der Waals surface area contributed by atoms with Crippen molar-refractivity contribution in [3.8, 4) is 0 Å². The molecule has 1 fully saturated rings. The number of morpholine rings is 1. The lowest BCUT2D eigenvalue weighted by Crippen LogP contribution is -2.37. The summed E-state index contributed by atoms with van der Waals surface area (Å²) in [5.74, 6) is -0.876. The number of rotatable bonds is 4. The molecule has 1 aromatic rings. The van der Waals surface area contributed by atoms with Gasteiger partial charge in [-0.15, -0.1) is 0 Å². The van der Waals surface area contributed by atoms with Crippen LogP contribution in [0, 0.1) is 0 Å². The first kappa shape index (κ1) is 12.9. The molecule has 0 aliphatic carbocycles. The number of nitrogens with two attached hydrogens (primary N) is 1. The van der Waals surface area contributed by atoms with Crippen molar-refractivity contribution < 1.29 is 14.6 Å². The van der Waals surface area contributed by atoms with Gasteiger partial charge in [0.15, 0.2) is 0 Å². The maximum Gasteiger partial charge on any atom is 0.305 e. The molecule has 1 aliphatic heterocycles. The molecule has 1 aromatic carbocycles. The Morgan fingerprint density at radius 3 is 2.72 bits per heavy atom. The van der Waals surface area contributed by atoms with Gasteiger partial charge in [0.2, 0.25) is 0 Å². The van der Waals surface area contributed by atoms with Crippen molar-refractivity contribution in [1.82, 2.24) is 0 Å². The zero-order valence-corrected chi connectivity index (χ0v) is 10.2. The summed E-state index contributed by atoms with van der Waals surface area (Å²) in [7, 11) is 0. The number of para-hydroxylation sites is 1. The van der Waals surface area contributed by atoms with E-state index in [0.29, 0.717) is 13.2 Å². The van der Waals surface area contributed by atoms with E-state index in [2.05, 4.69) is 4.90 Å². The second-order valence-corrected chi connectivity index (χ2v) is 4.36. The molecule has 0 spiro atoms. The summed E-state index contributed by atoms with van der Waals surface area (Å²) in [6.07, 6.45) is -0.0542. The van der Waals surface area contributed by atoms with Crippen molar-refractivity contribution >= 4 is 11.7 Å². The number of carboxylic acid groups (broad SMARTS) is 1. The van der Waals surface area contributed by atoms with Crippen molar-refractivity contribution in [2.75, 3.05) is 31.2 Å². The van der Waals surface area contributed by atoms with Crippen molar-refractivity contribution in [1.29, 1.82) is 0 Å². The van der Waals surface area contributed by atoms with Crippen LogP contribution in [0.1, 0.15) is 18.0 Å². The molecule has 0 saturated carbocycles. The molecule has 5 nitrogen and oxygen atoms in total. The number of aliphatic carboxylic acids is 1. The molecule has 1 atom stereocenters. The van der Waals surface area contributed by atoms with Crippen LogP contribution in [0.4, 0.5) is 5.69 Å². The highest BCUT2D eigenvalue weighted by molar-refractivity contribution is 5.69. The number of ether oxygens (including phenoxy) is 1. The minimum absolute atomic E-state index is 0.0542. The van der Waals surface area contributed by atoms with Crippen LogP contribution < -0.4 is 10.6 Å². The first-order chi connectivity index (χ1) is 8.68. The minimum Gasteiger partial charge on any atom is -0.481 e. The highest BCUT2D eigenvalue weighted by atomic mass is 16.5. The average molecular weight is 250 g/mol. The van der Waals surface area contributed by atoms with Gasteiger partial charge in [-0.3, -0.25) is 4.79 Å². The molecular formula is C13H18N2O3. The fraction of sp³-hybridized carbons (Fsp3) is 0.462. The largest absolute Gasteiger partial charge is 0.481 e. The summed E-state index contributed by atoms with van der Waals surface area (Å²) in [6.45, 7) is 3.03. The quantitative estimate of drug-likeness (QED) is 0.833. The summed E-state index contributed by atoms with van der Waals surface area (Å²) in [6, 6.07) is 7.25. The number of nitrogens with zero attached hydrogens (tertiary/aromatic N) is 1. The van der Waals surface area contributed by atoms with Crippen LogP contribution in [0.15, 0.2) is 24.3 Å². The van der Waals surface area contributed by atoms with E-state index in [-0.39, 0.29) is 6.42 Å². The van der Waals surface area contributed by atoms with Crippen molar-refractivity contribution in [3.05, 3.63) is 29.8 Å². The Morgan fingerprint density at radius 2 is 2.06 bits per heavy atom. The molecule has 1 saturated heterocycles. The number of carbonyl (C=O) groups is 1. The lowest BCUT2D eigenvalue weighted by Gasteiger charge is -2.31. The molecule has 1 unspecified atom stereocenters. The Bertz CT molecular complexity index is 416. The second kappa shape index (κ2) is 5.84. The van der Waals surface area contributed by atoms with Gasteiger partial charge in [0.05, 0.1) is 19.6 Å². The standard InChI is InChI=1S/C13H18N2O3/c14-11(9-13(16)17)10-3-1-2-4-12(10)15-5-7-18-8-6-15/h1-4,11H,5-9,14H2,(H,16,17). The monoisotopic (exact) mass is 250 g/mol. The SMILES string of the molecule is NC(CC(=O)O)c1ccccc1N1CCOCC1. The topological polar surface area (TPSA) is 75.8 Å². The van der Waals surface area contributed by atoms with Crippen LogP contribution in [0.2, 0.25) is 0 Å². The van der Waals surface area contributed by atoms with Crippen molar-refractivity contribution in [2.24, 2.45) is 5.73 Å². The lowest BCUT2D eigenvalue weighted by atomic mass is 10.0. The Labute approximate surface area is 106 Å². The fourth-order valence-electron chi connectivity index (χ4n) is 2.19. The third-order valence-corrected chi connectivity index (χ3v) is 3.08. The van der Waals surface area contributed by atoms with E-state index < -0.39 is 12.0 Å². The number of anilines is 1. The summed E-state index contributed by atoms with van der Waals surface area (Å²) >= 11 is 0. The summed E-state index contributed by atoms with van der Waals surface area (Å²) in [5, 5.41) is 8.83. The summed E-state index contributed by atoms with van der Waals surface area (Å²) < 4.78 is 5.32. The van der Waals surface area contributed by atoms with E-state index in [1.54, 1.807) is 0 Å². The van der Waals surface area contributed by atoms with E-state index in [0.717, 1.165) is 24.3 Å². The van der Waals surface area contributed by atoms with Gasteiger partial charge in [0.1, 0.15) is 0 Å². The minimum atomic E-state index is -0.876. The average Bonchev–Trinajstić information content (AvgIpc) is 2.39. The maximum absolute atomic E-state index is 10.8. The molecule has 2 rings (SSSR count). The van der Waals surface area contributed by atoms with Crippen molar-refractivity contribution in [3.63, 3.8) is 0 Å². The predicted octanol–water partition coefficient (Wildman–Crippen LogP) is 0.998. The van der Waals surface area contributed by atoms with E-state index in [1.165, 1.54) is 0 Å². The van der Waals surface area contributed by atoms with Crippen LogP contribution in [-0.2, 0) is 9.53 Å². The van der Waals surface area contributed by atoms with E-state index in [1.807, 2.05) is 24.3 Å². The Kier molecular flexibility index (Phi) is 4.17. The van der Waals surface area contributed by atoms with Gasteiger partial charge in [-0.1, -0.05) is 18.2 Å². The lowest BCUT2D eigenvalue weighted by molar-refractivity contribution is -0.137. The molecule has 0 aromatic heterocycles. The molecule has 3 N–H and O–H groups in total. The fourth-order valence-corrected chi connectivity index (χ4v) is 2.19. The summed E-state index contributed by atoms with van der Waals surface area (Å²) in [4.78, 5) is 13.0. The smallest absolute Gasteiger partial charge is 0.305 e. The van der Waals surface area contributed by atoms with Crippen LogP contribution in [0.25, 0.3) is 0 Å². The molecule has 0 radical (unpaired) electrons. The number of hydrogen-bond donors (Lipinski definition) is 2. The van der Waals surface area contributed by atoms with E-state index in [4.69, 9.17) is 15.6 Å². The maximum atomic E-state index is 10.8. The van der Waals surface area contributed by atoms with Gasteiger partial charge in [-0.2, -0.15) is 0 Å². The Hall–Kier alpha value is -1.59. The van der Waals surface area contributed by atoms with E-state index >= 15 is 0 Å². The number of hydrogen-bond acceptors (Lipinski definition) is 4. The Balaban J connectivity index is 2.21. The first-order valence-electron chi connectivity index (χ1n) is 6.07. The molecule has 0 bridgehead atoms. The number of carboxylic acids is 1. The van der Waals surface area contributed by atoms with E-state index in [9.17, 15) is 4.79 Å². The van der Waals surface area contributed by atoms with Crippen LogP contribution in [0.3, 0.4) is 0 Å². The van der Waals surface area contributed by atoms with Gasteiger partial charge < -0.3 is 20.5 Å². The highest BCUT2D eigenvalue weighted by Gasteiger charge is 2.19. The normalized spacial score (nSPS) is 17.5. The van der Waals surface area contributed by atoms with Gasteiger partial charge in [-0.25, -0.2) is 0 Å². The second-order valence-electron chi connectivity index (χ2n) is 4.36. The molecule has 5 heteroatoms. The van der Waals surface area contributed by atoms with Crippen LogP contribution >= 0.6 is 0 Å². The molecule has 1 heterocycles. The number of benzene rings is 1. The van der Waals surface area contributed by atoms with Gasteiger partial charge in [0.25, 0.3) is 0 Å². The summed E-state index contributed by atoms with van der Waals surface area (Å²) in [5.41, 5.74) is 7.88. The van der Waals surface area contributed by atoms with Crippen LogP contribution in [-0.4, -0.2) is 37.4 Å². The first-order valence-corrected chi connectivity index (χ1v) is 6.07. The van der Waals surface area contributed by atoms with Gasteiger partial charge in [0, 0.05) is 24.8 Å². The van der Waals surface area contributed by atoms with Crippen molar-refractivity contribution in [2.45, 2.75) is 12.5 Å². The molecule has 1 aliphatic rings. The molecular weight excluding hydrogens is 232 g/mol.